The summed E-state index contributed by atoms with van der Waals surface area (Å²) in [4.78, 5) is 38.9. The number of thiocarbonyl (C=S) groups is 1. The Labute approximate surface area is 226 Å². The van der Waals surface area contributed by atoms with Crippen molar-refractivity contribution in [1.82, 2.24) is 5.32 Å². The monoisotopic (exact) mass is 584 g/mol. The summed E-state index contributed by atoms with van der Waals surface area (Å²) in [5, 5.41) is 2.59. The Bertz CT molecular complexity index is 1450. The zero-order valence-corrected chi connectivity index (χ0v) is 22.4. The van der Waals surface area contributed by atoms with Gasteiger partial charge in [0.2, 0.25) is 5.76 Å². The fourth-order valence-electron chi connectivity index (χ4n) is 3.62. The van der Waals surface area contributed by atoms with E-state index < -0.39 is 17.8 Å². The van der Waals surface area contributed by atoms with Crippen molar-refractivity contribution >= 4 is 62.8 Å². The van der Waals surface area contributed by atoms with Crippen molar-refractivity contribution in [3.05, 3.63) is 81.2 Å². The number of carbonyl (C=O) groups excluding carboxylic acids is 3. The summed E-state index contributed by atoms with van der Waals surface area (Å²) >= 11 is 8.69. The van der Waals surface area contributed by atoms with E-state index in [0.717, 1.165) is 10.0 Å². The molecule has 4 rings (SSSR count). The predicted molar refractivity (Wildman–Crippen MR) is 142 cm³/mol. The van der Waals surface area contributed by atoms with E-state index in [0.29, 0.717) is 28.5 Å². The van der Waals surface area contributed by atoms with E-state index in [9.17, 15) is 14.4 Å². The minimum atomic E-state index is -0.598. The second kappa shape index (κ2) is 11.0. The number of hydrogen-bond acceptors (Lipinski definition) is 8. The Kier molecular flexibility index (Phi) is 7.74. The number of hydrogen-bond donors (Lipinski definition) is 1. The van der Waals surface area contributed by atoms with Crippen molar-refractivity contribution in [2.24, 2.45) is 0 Å². The minimum Gasteiger partial charge on any atom is -0.493 e. The largest absolute Gasteiger partial charge is 0.493 e. The van der Waals surface area contributed by atoms with Gasteiger partial charge in [-0.2, -0.15) is 0 Å². The van der Waals surface area contributed by atoms with Crippen molar-refractivity contribution < 1.29 is 33.0 Å². The number of anilines is 1. The van der Waals surface area contributed by atoms with E-state index in [1.165, 1.54) is 31.3 Å². The van der Waals surface area contributed by atoms with Crippen molar-refractivity contribution in [3.8, 4) is 11.5 Å². The van der Waals surface area contributed by atoms with Gasteiger partial charge >= 0.3 is 5.97 Å². The van der Waals surface area contributed by atoms with E-state index in [1.54, 1.807) is 36.4 Å². The molecule has 1 aromatic heterocycles. The van der Waals surface area contributed by atoms with E-state index in [1.807, 2.05) is 13.0 Å². The van der Waals surface area contributed by atoms with Crippen LogP contribution in [-0.2, 0) is 20.9 Å². The first-order valence-electron chi connectivity index (χ1n) is 10.9. The van der Waals surface area contributed by atoms with Gasteiger partial charge in [0, 0.05) is 4.47 Å². The molecule has 0 aliphatic carbocycles. The van der Waals surface area contributed by atoms with Crippen LogP contribution in [0.1, 0.15) is 27.4 Å². The van der Waals surface area contributed by atoms with Gasteiger partial charge in [-0.25, -0.2) is 4.79 Å². The van der Waals surface area contributed by atoms with Crippen LogP contribution in [0.15, 0.2) is 63.0 Å². The van der Waals surface area contributed by atoms with Crippen LogP contribution in [0, 0.1) is 6.92 Å². The fourth-order valence-corrected chi connectivity index (χ4v) is 4.37. The first kappa shape index (κ1) is 26.1. The van der Waals surface area contributed by atoms with Crippen molar-refractivity contribution in [2.45, 2.75) is 13.5 Å². The van der Waals surface area contributed by atoms with Crippen molar-refractivity contribution in [1.29, 1.82) is 0 Å². The average Bonchev–Trinajstić information content (AvgIpc) is 3.35. The molecule has 0 bridgehead atoms. The van der Waals surface area contributed by atoms with E-state index in [2.05, 4.69) is 26.0 Å². The highest BCUT2D eigenvalue weighted by Crippen LogP contribution is 2.31. The lowest BCUT2D eigenvalue weighted by Gasteiger charge is -2.30. The molecule has 9 nitrogen and oxygen atoms in total. The van der Waals surface area contributed by atoms with Crippen LogP contribution in [-0.4, -0.2) is 37.1 Å². The van der Waals surface area contributed by atoms with Gasteiger partial charge in [0.05, 0.1) is 19.9 Å². The summed E-state index contributed by atoms with van der Waals surface area (Å²) in [6, 6.07) is 13.4. The van der Waals surface area contributed by atoms with Gasteiger partial charge in [-0.15, -0.1) is 0 Å². The smallest absolute Gasteiger partial charge is 0.373 e. The molecule has 0 unspecified atom stereocenters. The number of rotatable bonds is 7. The number of nitrogens with zero attached hydrogens (tertiary/aromatic N) is 1. The van der Waals surface area contributed by atoms with Crippen LogP contribution in [0.4, 0.5) is 5.69 Å². The molecule has 2 heterocycles. The van der Waals surface area contributed by atoms with Crippen molar-refractivity contribution in [2.75, 3.05) is 19.1 Å². The number of benzene rings is 2. The molecule has 0 radical (unpaired) electrons. The third-order valence-corrected chi connectivity index (χ3v) is 6.20. The van der Waals surface area contributed by atoms with Crippen LogP contribution >= 0.6 is 28.1 Å². The first-order chi connectivity index (χ1) is 17.7. The molecule has 1 N–H and O–H groups in total. The zero-order chi connectivity index (χ0) is 26.7. The third kappa shape index (κ3) is 5.57. The van der Waals surface area contributed by atoms with Crippen LogP contribution in [0.2, 0.25) is 0 Å². The predicted octanol–water partition coefficient (Wildman–Crippen LogP) is 4.56. The van der Waals surface area contributed by atoms with Gasteiger partial charge in [-0.3, -0.25) is 19.8 Å². The summed E-state index contributed by atoms with van der Waals surface area (Å²) < 4.78 is 22.1. The summed E-state index contributed by atoms with van der Waals surface area (Å²) in [7, 11) is 2.73. The lowest BCUT2D eigenvalue weighted by atomic mass is 10.1. The summed E-state index contributed by atoms with van der Waals surface area (Å²) in [5.74, 6) is -0.480. The van der Waals surface area contributed by atoms with Gasteiger partial charge in [0.1, 0.15) is 17.9 Å². The van der Waals surface area contributed by atoms with Gasteiger partial charge in [0.25, 0.3) is 11.8 Å². The van der Waals surface area contributed by atoms with Crippen molar-refractivity contribution in [3.63, 3.8) is 0 Å². The molecule has 1 aliphatic heterocycles. The number of halogens is 1. The standard InChI is InChI=1S/C26H21BrN2O7S/c1-14-10-16(27)5-7-19(14)29-24(31)18(23(30)28-26(29)37)11-15-4-8-20(22(12-15)33-2)35-13-17-6-9-21(36-17)25(32)34-3/h4-12H,13H2,1-3H3,(H,28,30,37). The number of furan rings is 1. The molecular formula is C26H21BrN2O7S. The summed E-state index contributed by atoms with van der Waals surface area (Å²) in [6.45, 7) is 1.88. The molecule has 3 aromatic rings. The molecule has 0 spiro atoms. The molecule has 0 atom stereocenters. The Morgan fingerprint density at radius 1 is 1.11 bits per heavy atom. The highest BCUT2D eigenvalue weighted by Gasteiger charge is 2.35. The second-order valence-corrected chi connectivity index (χ2v) is 9.15. The molecule has 37 heavy (non-hydrogen) atoms. The van der Waals surface area contributed by atoms with Crippen LogP contribution < -0.4 is 19.7 Å². The normalized spacial score (nSPS) is 14.5. The molecule has 1 saturated heterocycles. The number of amides is 2. The molecule has 11 heteroatoms. The Morgan fingerprint density at radius 3 is 2.59 bits per heavy atom. The van der Waals surface area contributed by atoms with Crippen LogP contribution in [0.25, 0.3) is 6.08 Å². The number of ether oxygens (including phenoxy) is 3. The quantitative estimate of drug-likeness (QED) is 0.186. The van der Waals surface area contributed by atoms with Gasteiger partial charge in [-0.05, 0) is 78.8 Å². The fraction of sp³-hybridized carbons (Fsp3) is 0.154. The molecule has 1 fully saturated rings. The number of carbonyl (C=O) groups is 3. The number of methoxy groups -OCH3 is 2. The second-order valence-electron chi connectivity index (χ2n) is 7.85. The maximum absolute atomic E-state index is 13.3. The number of aryl methyl sites for hydroxylation is 1. The Balaban J connectivity index is 1.57. The van der Waals surface area contributed by atoms with Gasteiger partial charge in [-0.1, -0.05) is 22.0 Å². The third-order valence-electron chi connectivity index (χ3n) is 5.42. The Morgan fingerprint density at radius 2 is 1.89 bits per heavy atom. The zero-order valence-electron chi connectivity index (χ0n) is 20.0. The van der Waals surface area contributed by atoms with Crippen LogP contribution in [0.5, 0.6) is 11.5 Å². The van der Waals surface area contributed by atoms with Gasteiger partial charge < -0.3 is 18.6 Å². The molecule has 1 aliphatic rings. The van der Waals surface area contributed by atoms with E-state index in [4.69, 9.17) is 26.1 Å². The minimum absolute atomic E-state index is 0.00665. The first-order valence-corrected chi connectivity index (χ1v) is 12.1. The maximum atomic E-state index is 13.3. The lowest BCUT2D eigenvalue weighted by molar-refractivity contribution is -0.122. The van der Waals surface area contributed by atoms with E-state index in [-0.39, 0.29) is 23.1 Å². The van der Waals surface area contributed by atoms with E-state index >= 15 is 0 Å². The molecular weight excluding hydrogens is 564 g/mol. The maximum Gasteiger partial charge on any atom is 0.373 e. The highest BCUT2D eigenvalue weighted by molar-refractivity contribution is 9.10. The molecule has 2 amide bonds. The number of nitrogens with one attached hydrogen (secondary N) is 1. The summed E-state index contributed by atoms with van der Waals surface area (Å²) in [5.41, 5.74) is 1.82. The van der Waals surface area contributed by atoms with Crippen LogP contribution in [0.3, 0.4) is 0 Å². The average molecular weight is 585 g/mol. The SMILES string of the molecule is COC(=O)c1ccc(COc2ccc(C=C3C(=O)NC(=S)N(c4ccc(Br)cc4C)C3=O)cc2OC)o1. The number of esters is 1. The lowest BCUT2D eigenvalue weighted by Crippen LogP contribution is -2.54. The molecule has 190 valence electrons. The highest BCUT2D eigenvalue weighted by atomic mass is 79.9. The van der Waals surface area contributed by atoms with Gasteiger partial charge in [0.15, 0.2) is 16.6 Å². The topological polar surface area (TPSA) is 107 Å². The molecule has 2 aromatic carbocycles. The molecule has 0 saturated carbocycles. The Hall–Kier alpha value is -3.96. The summed E-state index contributed by atoms with van der Waals surface area (Å²) in [6.07, 6.45) is 1.46.